The lowest BCUT2D eigenvalue weighted by atomic mass is 10.2. The molecule has 0 radical (unpaired) electrons. The summed E-state index contributed by atoms with van der Waals surface area (Å²) in [5, 5.41) is 2.30. The van der Waals surface area contributed by atoms with Crippen molar-refractivity contribution in [2.75, 3.05) is 0 Å². The fourth-order valence-electron chi connectivity index (χ4n) is 3.31. The third kappa shape index (κ3) is 3.62. The van der Waals surface area contributed by atoms with Gasteiger partial charge in [0.15, 0.2) is 6.21 Å². The van der Waals surface area contributed by atoms with Crippen LogP contribution in [0.2, 0.25) is 0 Å². The zero-order chi connectivity index (χ0) is 19.3. The number of aromatic amines is 2. The third-order valence-electron chi connectivity index (χ3n) is 4.76. The molecule has 0 atom stereocenters. The Kier molecular flexibility index (Phi) is 5.10. The van der Waals surface area contributed by atoms with Gasteiger partial charge in [0.05, 0.1) is 23.6 Å². The van der Waals surface area contributed by atoms with Gasteiger partial charge in [0.2, 0.25) is 5.96 Å². The molecule has 142 valence electrons. The first kappa shape index (κ1) is 17.9. The lowest BCUT2D eigenvalue weighted by Crippen LogP contribution is -2.38. The lowest BCUT2D eigenvalue weighted by Gasteiger charge is -2.04. The van der Waals surface area contributed by atoms with E-state index in [0.29, 0.717) is 12.5 Å². The first-order chi connectivity index (χ1) is 13.8. The van der Waals surface area contributed by atoms with Crippen LogP contribution in [0.5, 0.6) is 0 Å². The highest BCUT2D eigenvalue weighted by atomic mass is 15.5. The Balaban J connectivity index is 1.57. The van der Waals surface area contributed by atoms with E-state index >= 15 is 0 Å². The summed E-state index contributed by atoms with van der Waals surface area (Å²) in [6.07, 6.45) is 8.05. The molecule has 0 aliphatic carbocycles. The van der Waals surface area contributed by atoms with Crippen molar-refractivity contribution < 1.29 is 4.68 Å². The van der Waals surface area contributed by atoms with E-state index in [9.17, 15) is 0 Å². The molecule has 0 saturated carbocycles. The van der Waals surface area contributed by atoms with Gasteiger partial charge in [-0.1, -0.05) is 41.9 Å². The maximum absolute atomic E-state index is 6.21. The van der Waals surface area contributed by atoms with Gasteiger partial charge in [-0.05, 0) is 30.2 Å². The first-order valence-corrected chi connectivity index (χ1v) is 9.56. The largest absolute Gasteiger partial charge is 0.366 e. The van der Waals surface area contributed by atoms with Crippen molar-refractivity contribution in [2.24, 2.45) is 10.7 Å². The Morgan fingerprint density at radius 2 is 1.71 bits per heavy atom. The minimum Gasteiger partial charge on any atom is -0.366 e. The van der Waals surface area contributed by atoms with Gasteiger partial charge in [-0.15, -0.1) is 5.43 Å². The van der Waals surface area contributed by atoms with E-state index in [1.165, 1.54) is 5.39 Å². The fraction of sp³-hybridized carbons (Fsp3) is 0.182. The third-order valence-corrected chi connectivity index (χ3v) is 4.76. The van der Waals surface area contributed by atoms with E-state index in [1.807, 2.05) is 41.3 Å². The molecule has 2 heterocycles. The fourth-order valence-corrected chi connectivity index (χ4v) is 3.31. The van der Waals surface area contributed by atoms with Crippen LogP contribution in [0, 0.1) is 0 Å². The number of guanidine groups is 1. The first-order valence-electron chi connectivity index (χ1n) is 9.56. The topological polar surface area (TPSA) is 85.0 Å². The molecule has 2 aromatic heterocycles. The Hall–Kier alpha value is -3.54. The number of nitrogens with one attached hydrogen (secondary N) is 3. The van der Waals surface area contributed by atoms with Gasteiger partial charge in [-0.25, -0.2) is 4.99 Å². The molecule has 0 spiro atoms. The number of para-hydroxylation sites is 2. The Bertz CT molecular complexity index is 1150. The molecule has 0 bridgehead atoms. The number of nitrogens with two attached hydrogens (primary N) is 1. The second-order valence-electron chi connectivity index (χ2n) is 6.73. The summed E-state index contributed by atoms with van der Waals surface area (Å²) in [7, 11) is 0. The SMILES string of the molecule is CCCC=[N+](NC(N)=NCc1c[nH]c2ccccc12)c1c[nH]c2ccccc12. The number of fused-ring (bicyclic) bond motifs is 2. The van der Waals surface area contributed by atoms with Crippen LogP contribution in [0.4, 0.5) is 5.69 Å². The van der Waals surface area contributed by atoms with Crippen LogP contribution in [0.3, 0.4) is 0 Å². The number of nitrogens with zero attached hydrogens (tertiary/aromatic N) is 2. The van der Waals surface area contributed by atoms with Crippen molar-refractivity contribution in [3.63, 3.8) is 0 Å². The smallest absolute Gasteiger partial charge is 0.260 e. The van der Waals surface area contributed by atoms with E-state index in [-0.39, 0.29) is 0 Å². The molecule has 4 rings (SSSR count). The average Bonchev–Trinajstić information content (AvgIpc) is 3.34. The summed E-state index contributed by atoms with van der Waals surface area (Å²) >= 11 is 0. The zero-order valence-electron chi connectivity index (χ0n) is 15.9. The van der Waals surface area contributed by atoms with Gasteiger partial charge in [0, 0.05) is 23.5 Å². The molecule has 2 aromatic carbocycles. The molecule has 0 aliphatic heterocycles. The highest BCUT2D eigenvalue weighted by molar-refractivity contribution is 5.89. The standard InChI is InChI=1S/C22H25N6/c1-2-3-12-28(21-15-25-20-11-7-5-9-18(20)21)27-22(23)26-14-16-13-24-19-10-6-4-8-17(16)19/h4-13,15,24-25H,2-3,14H2,1H3,(H3,23,26,27)/q+1. The Morgan fingerprint density at radius 1 is 1.04 bits per heavy atom. The van der Waals surface area contributed by atoms with Crippen molar-refractivity contribution >= 4 is 39.7 Å². The van der Waals surface area contributed by atoms with Gasteiger partial charge in [-0.3, -0.25) is 0 Å². The summed E-state index contributed by atoms with van der Waals surface area (Å²) in [4.78, 5) is 11.1. The number of hydrogen-bond acceptors (Lipinski definition) is 1. The number of aliphatic imine (C=N–C) groups is 1. The maximum Gasteiger partial charge on any atom is 0.260 e. The molecule has 4 aromatic rings. The molecule has 0 unspecified atom stereocenters. The lowest BCUT2D eigenvalue weighted by molar-refractivity contribution is -0.482. The number of hydrazine groups is 1. The van der Waals surface area contributed by atoms with E-state index in [1.54, 1.807) is 0 Å². The highest BCUT2D eigenvalue weighted by Crippen LogP contribution is 2.24. The number of H-pyrrole nitrogens is 2. The van der Waals surface area contributed by atoms with Gasteiger partial charge < -0.3 is 15.7 Å². The predicted molar refractivity (Wildman–Crippen MR) is 116 cm³/mol. The van der Waals surface area contributed by atoms with Crippen LogP contribution in [0.25, 0.3) is 21.8 Å². The van der Waals surface area contributed by atoms with Gasteiger partial charge >= 0.3 is 0 Å². The number of unbranched alkanes of at least 4 members (excludes halogenated alkanes) is 1. The second kappa shape index (κ2) is 8.00. The zero-order valence-corrected chi connectivity index (χ0v) is 15.9. The van der Waals surface area contributed by atoms with Crippen molar-refractivity contribution in [1.82, 2.24) is 15.4 Å². The molecular formula is C22H25N6+. The van der Waals surface area contributed by atoms with Crippen molar-refractivity contribution in [1.29, 1.82) is 0 Å². The van der Waals surface area contributed by atoms with Gasteiger partial charge in [0.1, 0.15) is 0 Å². The molecule has 28 heavy (non-hydrogen) atoms. The molecular weight excluding hydrogens is 348 g/mol. The van der Waals surface area contributed by atoms with Crippen LogP contribution in [-0.4, -0.2) is 26.8 Å². The van der Waals surface area contributed by atoms with Crippen LogP contribution in [0.1, 0.15) is 25.3 Å². The number of aromatic nitrogens is 2. The van der Waals surface area contributed by atoms with Crippen LogP contribution < -0.4 is 11.2 Å². The van der Waals surface area contributed by atoms with Gasteiger partial charge in [0.25, 0.3) is 5.69 Å². The minimum atomic E-state index is 0.378. The molecule has 6 nitrogen and oxygen atoms in total. The van der Waals surface area contributed by atoms with E-state index < -0.39 is 0 Å². The van der Waals surface area contributed by atoms with E-state index in [4.69, 9.17) is 5.73 Å². The second-order valence-corrected chi connectivity index (χ2v) is 6.73. The normalized spacial score (nSPS) is 12.8. The van der Waals surface area contributed by atoms with E-state index in [2.05, 4.69) is 57.8 Å². The number of hydrogen-bond donors (Lipinski definition) is 4. The van der Waals surface area contributed by atoms with Crippen LogP contribution in [0.15, 0.2) is 65.9 Å². The maximum atomic E-state index is 6.21. The van der Waals surface area contributed by atoms with Crippen LogP contribution >= 0.6 is 0 Å². The summed E-state index contributed by atoms with van der Waals surface area (Å²) in [5.74, 6) is 0.378. The summed E-state index contributed by atoms with van der Waals surface area (Å²) < 4.78 is 1.95. The number of rotatable bonds is 6. The highest BCUT2D eigenvalue weighted by Gasteiger charge is 2.16. The molecule has 0 fully saturated rings. The summed E-state index contributed by atoms with van der Waals surface area (Å²) in [6.45, 7) is 2.66. The van der Waals surface area contributed by atoms with Crippen molar-refractivity contribution in [3.05, 3.63) is 66.5 Å². The summed E-state index contributed by atoms with van der Waals surface area (Å²) in [6, 6.07) is 16.4. The van der Waals surface area contributed by atoms with Gasteiger partial charge in [-0.2, -0.15) is 0 Å². The quantitative estimate of drug-likeness (QED) is 0.177. The molecule has 0 saturated heterocycles. The Labute approximate surface area is 163 Å². The molecule has 6 heteroatoms. The average molecular weight is 373 g/mol. The van der Waals surface area contributed by atoms with Crippen LogP contribution in [-0.2, 0) is 6.54 Å². The molecule has 0 amide bonds. The predicted octanol–water partition coefficient (Wildman–Crippen LogP) is 4.18. The Morgan fingerprint density at radius 3 is 2.50 bits per heavy atom. The minimum absolute atomic E-state index is 0.378. The van der Waals surface area contributed by atoms with E-state index in [0.717, 1.165) is 40.5 Å². The monoisotopic (exact) mass is 373 g/mol. The molecule has 0 aliphatic rings. The number of benzene rings is 2. The van der Waals surface area contributed by atoms with Crippen molar-refractivity contribution in [3.8, 4) is 0 Å². The van der Waals surface area contributed by atoms with Crippen molar-refractivity contribution in [2.45, 2.75) is 26.3 Å². The summed E-state index contributed by atoms with van der Waals surface area (Å²) in [5.41, 5.74) is 13.8. The number of hydrazone groups is 1. The molecule has 5 N–H and O–H groups in total.